The molecule has 2 fully saturated rings. The predicted octanol–water partition coefficient (Wildman–Crippen LogP) is 2.43. The molecule has 1 aliphatic heterocycles. The molecule has 0 N–H and O–H groups in total. The Kier molecular flexibility index (Phi) is 4.95. The largest absolute Gasteiger partial charge is 0.336 e. The lowest BCUT2D eigenvalue weighted by Gasteiger charge is -2.34. The van der Waals surface area contributed by atoms with Crippen molar-refractivity contribution >= 4 is 27.0 Å². The van der Waals surface area contributed by atoms with Crippen LogP contribution in [-0.4, -0.2) is 59.8 Å². The maximum absolute atomic E-state index is 13.4. The van der Waals surface area contributed by atoms with Gasteiger partial charge in [0.25, 0.3) is 11.6 Å². The second-order valence-corrected chi connectivity index (χ2v) is 10.0. The summed E-state index contributed by atoms with van der Waals surface area (Å²) in [5, 5.41) is 13.9. The van der Waals surface area contributed by atoms with Gasteiger partial charge in [-0.2, -0.15) is 9.57 Å². The van der Waals surface area contributed by atoms with Crippen LogP contribution in [0.25, 0.3) is 11.1 Å². The Balaban J connectivity index is 1.39. The summed E-state index contributed by atoms with van der Waals surface area (Å²) in [7, 11) is -3.82. The molecule has 32 heavy (non-hydrogen) atoms. The zero-order valence-corrected chi connectivity index (χ0v) is 18.3. The third-order valence-corrected chi connectivity index (χ3v) is 7.97. The van der Waals surface area contributed by atoms with Crippen molar-refractivity contribution in [3.8, 4) is 6.07 Å². The van der Waals surface area contributed by atoms with E-state index in [9.17, 15) is 18.5 Å². The molecule has 0 spiro atoms. The highest BCUT2D eigenvalue weighted by molar-refractivity contribution is 7.89. The molecule has 1 saturated heterocycles. The van der Waals surface area contributed by atoms with Crippen molar-refractivity contribution < 1.29 is 17.7 Å². The van der Waals surface area contributed by atoms with Crippen LogP contribution in [-0.2, 0) is 10.0 Å². The first-order chi connectivity index (χ1) is 15.4. The average molecular weight is 452 g/mol. The van der Waals surface area contributed by atoms with Crippen LogP contribution in [0.1, 0.15) is 46.1 Å². The molecule has 1 saturated carbocycles. The number of nitrogens with zero attached hydrogens (tertiary/aromatic N) is 5. The van der Waals surface area contributed by atoms with Crippen LogP contribution in [0, 0.1) is 18.3 Å². The number of hydrogen-bond acceptors (Lipinski definition) is 7. The molecule has 0 unspecified atom stereocenters. The van der Waals surface area contributed by atoms with E-state index in [4.69, 9.17) is 4.52 Å². The highest BCUT2D eigenvalue weighted by Crippen LogP contribution is 2.40. The maximum atomic E-state index is 13.4. The number of benzene rings is 1. The SMILES string of the molecule is Cc1noc2nc(C3CC3)cc(C(=O)N3CCN(S(=O)(=O)c4ccccc4C#N)CC3)c12. The standard InChI is InChI=1S/C22H21N5O4S/c1-14-20-17(12-18(15-6-7-15)24-21(20)31-25-14)22(28)26-8-10-27(11-9-26)32(29,30)19-5-3-2-4-16(19)13-23/h2-5,12,15H,6-11H2,1H3. The molecule has 3 aromatic rings. The molecule has 164 valence electrons. The second kappa shape index (κ2) is 7.69. The minimum absolute atomic E-state index is 0.00714. The van der Waals surface area contributed by atoms with Crippen molar-refractivity contribution in [3.63, 3.8) is 0 Å². The number of nitriles is 1. The van der Waals surface area contributed by atoms with Crippen molar-refractivity contribution in [1.82, 2.24) is 19.3 Å². The monoisotopic (exact) mass is 451 g/mol. The topological polar surface area (TPSA) is 120 Å². The highest BCUT2D eigenvalue weighted by atomic mass is 32.2. The number of fused-ring (bicyclic) bond motifs is 1. The first-order valence-electron chi connectivity index (χ1n) is 10.5. The lowest BCUT2D eigenvalue weighted by atomic mass is 10.1. The third-order valence-electron chi connectivity index (χ3n) is 6.01. The molecule has 2 aliphatic rings. The number of aromatic nitrogens is 2. The molecular formula is C22H21N5O4S. The Hall–Kier alpha value is -3.29. The number of piperazine rings is 1. The highest BCUT2D eigenvalue weighted by Gasteiger charge is 2.34. The minimum Gasteiger partial charge on any atom is -0.336 e. The summed E-state index contributed by atoms with van der Waals surface area (Å²) >= 11 is 0. The van der Waals surface area contributed by atoms with Gasteiger partial charge < -0.3 is 9.42 Å². The van der Waals surface area contributed by atoms with Gasteiger partial charge in [-0.1, -0.05) is 17.3 Å². The minimum atomic E-state index is -3.82. The van der Waals surface area contributed by atoms with Crippen LogP contribution in [0.4, 0.5) is 0 Å². The van der Waals surface area contributed by atoms with Crippen molar-refractivity contribution in [3.05, 3.63) is 52.8 Å². The van der Waals surface area contributed by atoms with Gasteiger partial charge in [0, 0.05) is 37.8 Å². The van der Waals surface area contributed by atoms with Crippen LogP contribution < -0.4 is 0 Å². The Labute approximate surface area is 185 Å². The molecule has 0 atom stereocenters. The zero-order valence-electron chi connectivity index (χ0n) is 17.5. The van der Waals surface area contributed by atoms with Gasteiger partial charge in [0.15, 0.2) is 0 Å². The van der Waals surface area contributed by atoms with E-state index in [1.807, 2.05) is 12.1 Å². The summed E-state index contributed by atoms with van der Waals surface area (Å²) in [6.07, 6.45) is 2.08. The van der Waals surface area contributed by atoms with Gasteiger partial charge in [-0.3, -0.25) is 4.79 Å². The summed E-state index contributed by atoms with van der Waals surface area (Å²) in [6, 6.07) is 9.92. The summed E-state index contributed by atoms with van der Waals surface area (Å²) < 4.78 is 32.8. The van der Waals surface area contributed by atoms with Gasteiger partial charge in [0.1, 0.15) is 6.07 Å². The number of hydrogen-bond donors (Lipinski definition) is 0. The molecule has 2 aromatic heterocycles. The van der Waals surface area contributed by atoms with E-state index in [-0.39, 0.29) is 42.5 Å². The average Bonchev–Trinajstić information content (AvgIpc) is 3.61. The van der Waals surface area contributed by atoms with E-state index in [1.54, 1.807) is 24.0 Å². The Morgan fingerprint density at radius 1 is 1.19 bits per heavy atom. The number of carbonyl (C=O) groups excluding carboxylic acids is 1. The fraction of sp³-hybridized carbons (Fsp3) is 0.364. The number of amides is 1. The number of aryl methyl sites for hydroxylation is 1. The van der Waals surface area contributed by atoms with Crippen LogP contribution in [0.3, 0.4) is 0 Å². The molecule has 1 aromatic carbocycles. The smallest absolute Gasteiger partial charge is 0.259 e. The molecule has 1 amide bonds. The van der Waals surface area contributed by atoms with E-state index in [0.29, 0.717) is 28.3 Å². The second-order valence-electron chi connectivity index (χ2n) is 8.12. The van der Waals surface area contributed by atoms with Crippen molar-refractivity contribution in [2.24, 2.45) is 0 Å². The lowest BCUT2D eigenvalue weighted by molar-refractivity contribution is 0.0699. The number of pyridine rings is 1. The summed E-state index contributed by atoms with van der Waals surface area (Å²) in [6.45, 7) is 2.58. The predicted molar refractivity (Wildman–Crippen MR) is 114 cm³/mol. The van der Waals surface area contributed by atoms with Gasteiger partial charge in [-0.15, -0.1) is 0 Å². The van der Waals surface area contributed by atoms with E-state index in [1.165, 1.54) is 16.4 Å². The van der Waals surface area contributed by atoms with Gasteiger partial charge in [0.2, 0.25) is 10.0 Å². The first-order valence-corrected chi connectivity index (χ1v) is 11.9. The molecule has 0 bridgehead atoms. The summed E-state index contributed by atoms with van der Waals surface area (Å²) in [5.41, 5.74) is 2.42. The molecule has 10 heteroatoms. The quantitative estimate of drug-likeness (QED) is 0.597. The summed E-state index contributed by atoms with van der Waals surface area (Å²) in [5.74, 6) is 0.165. The Morgan fingerprint density at radius 3 is 2.59 bits per heavy atom. The molecule has 9 nitrogen and oxygen atoms in total. The van der Waals surface area contributed by atoms with Crippen molar-refractivity contribution in [1.29, 1.82) is 5.26 Å². The molecule has 3 heterocycles. The van der Waals surface area contributed by atoms with Crippen molar-refractivity contribution in [2.45, 2.75) is 30.6 Å². The van der Waals surface area contributed by atoms with E-state index in [2.05, 4.69) is 10.1 Å². The number of carbonyl (C=O) groups is 1. The summed E-state index contributed by atoms with van der Waals surface area (Å²) in [4.78, 5) is 19.6. The molecule has 0 radical (unpaired) electrons. The zero-order chi connectivity index (χ0) is 22.5. The van der Waals surface area contributed by atoms with Crippen molar-refractivity contribution in [2.75, 3.05) is 26.2 Å². The Bertz CT molecular complexity index is 1360. The first kappa shape index (κ1) is 20.6. The van der Waals surface area contributed by atoms with Gasteiger partial charge >= 0.3 is 0 Å². The van der Waals surface area contributed by atoms with Crippen LogP contribution >= 0.6 is 0 Å². The van der Waals surface area contributed by atoms with Gasteiger partial charge in [0.05, 0.1) is 27.1 Å². The van der Waals surface area contributed by atoms with E-state index >= 15 is 0 Å². The van der Waals surface area contributed by atoms with Crippen LogP contribution in [0.2, 0.25) is 0 Å². The van der Waals surface area contributed by atoms with Crippen LogP contribution in [0.5, 0.6) is 0 Å². The molecular weight excluding hydrogens is 430 g/mol. The van der Waals surface area contributed by atoms with E-state index < -0.39 is 10.0 Å². The number of sulfonamides is 1. The fourth-order valence-electron chi connectivity index (χ4n) is 4.10. The molecule has 1 aliphatic carbocycles. The van der Waals surface area contributed by atoms with Gasteiger partial charge in [-0.05, 0) is 38.0 Å². The lowest BCUT2D eigenvalue weighted by Crippen LogP contribution is -2.50. The van der Waals surface area contributed by atoms with Gasteiger partial charge in [-0.25, -0.2) is 13.4 Å². The van der Waals surface area contributed by atoms with E-state index in [0.717, 1.165) is 18.5 Å². The fourth-order valence-corrected chi connectivity index (χ4v) is 5.66. The number of rotatable bonds is 4. The normalized spacial score (nSPS) is 17.4. The third kappa shape index (κ3) is 3.43. The Morgan fingerprint density at radius 2 is 1.91 bits per heavy atom. The maximum Gasteiger partial charge on any atom is 0.259 e. The molecule has 5 rings (SSSR count). The van der Waals surface area contributed by atoms with Crippen LogP contribution in [0.15, 0.2) is 39.8 Å².